The molecule has 0 aliphatic heterocycles. The summed E-state index contributed by atoms with van der Waals surface area (Å²) in [5.74, 6) is 0.836. The van der Waals surface area contributed by atoms with Crippen molar-refractivity contribution in [2.45, 2.75) is 6.42 Å². The zero-order valence-corrected chi connectivity index (χ0v) is 9.36. The first kappa shape index (κ1) is 10.2. The van der Waals surface area contributed by atoms with Gasteiger partial charge in [0, 0.05) is 29.3 Å². The number of alkyl halides is 1. The molecule has 0 aliphatic rings. The summed E-state index contributed by atoms with van der Waals surface area (Å²) in [4.78, 5) is 10.1. The highest BCUT2D eigenvalue weighted by Gasteiger charge is 2.09. The third-order valence-electron chi connectivity index (χ3n) is 2.10. The van der Waals surface area contributed by atoms with Gasteiger partial charge in [-0.2, -0.15) is 0 Å². The van der Waals surface area contributed by atoms with Gasteiger partial charge in [0.25, 0.3) is 5.69 Å². The number of halogens is 1. The molecule has 0 atom stereocenters. The minimum atomic E-state index is -0.406. The standard InChI is InChI=1S/C10H8BrNO3/c11-4-3-9-6-7-5-8(12(13)14)1-2-10(7)15-9/h1-2,5-6H,3-4H2. The van der Waals surface area contributed by atoms with Crippen LogP contribution in [-0.4, -0.2) is 10.3 Å². The normalized spacial score (nSPS) is 10.7. The summed E-state index contributed by atoms with van der Waals surface area (Å²) in [6, 6.07) is 6.44. The van der Waals surface area contributed by atoms with Gasteiger partial charge < -0.3 is 4.42 Å². The minimum Gasteiger partial charge on any atom is -0.461 e. The van der Waals surface area contributed by atoms with E-state index in [0.29, 0.717) is 5.58 Å². The Morgan fingerprint density at radius 3 is 2.87 bits per heavy atom. The van der Waals surface area contributed by atoms with Crippen LogP contribution in [0.5, 0.6) is 0 Å². The van der Waals surface area contributed by atoms with Crippen molar-refractivity contribution in [3.05, 3.63) is 40.1 Å². The van der Waals surface area contributed by atoms with E-state index in [-0.39, 0.29) is 5.69 Å². The molecule has 0 spiro atoms. The van der Waals surface area contributed by atoms with Gasteiger partial charge in [0.15, 0.2) is 0 Å². The lowest BCUT2D eigenvalue weighted by Gasteiger charge is -1.89. The van der Waals surface area contributed by atoms with Gasteiger partial charge in [0.05, 0.1) is 4.92 Å². The van der Waals surface area contributed by atoms with E-state index in [4.69, 9.17) is 4.42 Å². The second-order valence-electron chi connectivity index (χ2n) is 3.13. The molecule has 0 bridgehead atoms. The molecule has 0 fully saturated rings. The Morgan fingerprint density at radius 2 is 2.20 bits per heavy atom. The average molecular weight is 270 g/mol. The van der Waals surface area contributed by atoms with Crippen LogP contribution in [0.2, 0.25) is 0 Å². The molecule has 2 aromatic rings. The van der Waals surface area contributed by atoms with Gasteiger partial charge in [-0.05, 0) is 12.1 Å². The highest BCUT2D eigenvalue weighted by atomic mass is 79.9. The number of rotatable bonds is 3. The number of nitro benzene ring substituents is 1. The van der Waals surface area contributed by atoms with Gasteiger partial charge >= 0.3 is 0 Å². The molecule has 78 valence electrons. The van der Waals surface area contributed by atoms with Gasteiger partial charge in [-0.25, -0.2) is 0 Å². The number of hydrogen-bond donors (Lipinski definition) is 0. The van der Waals surface area contributed by atoms with Gasteiger partial charge in [-0.3, -0.25) is 10.1 Å². The maximum absolute atomic E-state index is 10.5. The van der Waals surface area contributed by atoms with Crippen LogP contribution in [0.4, 0.5) is 5.69 Å². The van der Waals surface area contributed by atoms with Crippen molar-refractivity contribution in [3.8, 4) is 0 Å². The van der Waals surface area contributed by atoms with Crippen molar-refractivity contribution in [2.24, 2.45) is 0 Å². The third kappa shape index (κ3) is 2.02. The molecule has 2 rings (SSSR count). The van der Waals surface area contributed by atoms with Gasteiger partial charge in [0.1, 0.15) is 11.3 Å². The topological polar surface area (TPSA) is 56.3 Å². The summed E-state index contributed by atoms with van der Waals surface area (Å²) in [5, 5.41) is 12.1. The van der Waals surface area contributed by atoms with Crippen LogP contribution in [0.15, 0.2) is 28.7 Å². The third-order valence-corrected chi connectivity index (χ3v) is 2.50. The van der Waals surface area contributed by atoms with E-state index in [2.05, 4.69) is 15.9 Å². The molecule has 0 N–H and O–H groups in total. The quantitative estimate of drug-likeness (QED) is 0.488. The van der Waals surface area contributed by atoms with Crippen LogP contribution >= 0.6 is 15.9 Å². The first-order valence-corrected chi connectivity index (χ1v) is 5.55. The lowest BCUT2D eigenvalue weighted by Crippen LogP contribution is -1.85. The van der Waals surface area contributed by atoms with Crippen molar-refractivity contribution in [3.63, 3.8) is 0 Å². The molecule has 0 unspecified atom stereocenters. The van der Waals surface area contributed by atoms with Crippen molar-refractivity contribution in [1.29, 1.82) is 0 Å². The average Bonchev–Trinajstić information content (AvgIpc) is 2.59. The van der Waals surface area contributed by atoms with Crippen molar-refractivity contribution < 1.29 is 9.34 Å². The molecule has 4 nitrogen and oxygen atoms in total. The van der Waals surface area contributed by atoms with Crippen LogP contribution < -0.4 is 0 Å². The fourth-order valence-corrected chi connectivity index (χ4v) is 1.81. The lowest BCUT2D eigenvalue weighted by atomic mass is 10.2. The van der Waals surface area contributed by atoms with E-state index in [1.807, 2.05) is 6.07 Å². The maximum atomic E-state index is 10.5. The predicted octanol–water partition coefficient (Wildman–Crippen LogP) is 3.28. The van der Waals surface area contributed by atoms with Gasteiger partial charge in [0.2, 0.25) is 0 Å². The van der Waals surface area contributed by atoms with Crippen molar-refractivity contribution in [2.75, 3.05) is 5.33 Å². The zero-order valence-electron chi connectivity index (χ0n) is 7.77. The van der Waals surface area contributed by atoms with Gasteiger partial charge in [-0.1, -0.05) is 15.9 Å². The summed E-state index contributed by atoms with van der Waals surface area (Å²) in [6.07, 6.45) is 0.780. The Bertz CT molecular complexity index is 506. The highest BCUT2D eigenvalue weighted by Crippen LogP contribution is 2.24. The number of furan rings is 1. The largest absolute Gasteiger partial charge is 0.461 e. The molecule has 0 saturated heterocycles. The molecule has 1 aromatic heterocycles. The molecule has 0 radical (unpaired) electrons. The van der Waals surface area contributed by atoms with E-state index in [1.54, 1.807) is 6.07 Å². The molecule has 0 amide bonds. The van der Waals surface area contributed by atoms with Crippen molar-refractivity contribution >= 4 is 32.6 Å². The van der Waals surface area contributed by atoms with E-state index < -0.39 is 4.92 Å². The fourth-order valence-electron chi connectivity index (χ4n) is 1.42. The van der Waals surface area contributed by atoms with Crippen LogP contribution in [0.1, 0.15) is 5.76 Å². The summed E-state index contributed by atoms with van der Waals surface area (Å²) in [6.45, 7) is 0. The first-order valence-electron chi connectivity index (χ1n) is 4.43. The number of nitrogens with zero attached hydrogens (tertiary/aromatic N) is 1. The Labute approximate surface area is 94.2 Å². The molecular weight excluding hydrogens is 262 g/mol. The smallest absolute Gasteiger partial charge is 0.270 e. The SMILES string of the molecule is O=[N+]([O-])c1ccc2oc(CCBr)cc2c1. The van der Waals surface area contributed by atoms with E-state index in [0.717, 1.165) is 22.9 Å². The first-order chi connectivity index (χ1) is 7.20. The number of hydrogen-bond acceptors (Lipinski definition) is 3. The number of nitro groups is 1. The Hall–Kier alpha value is -1.36. The number of non-ortho nitro benzene ring substituents is 1. The molecular formula is C10H8BrNO3. The molecule has 0 saturated carbocycles. The van der Waals surface area contributed by atoms with Crippen LogP contribution in [0.3, 0.4) is 0 Å². The monoisotopic (exact) mass is 269 g/mol. The minimum absolute atomic E-state index is 0.0914. The zero-order chi connectivity index (χ0) is 10.8. The summed E-state index contributed by atoms with van der Waals surface area (Å²) in [7, 11) is 0. The second kappa shape index (κ2) is 4.02. The molecule has 15 heavy (non-hydrogen) atoms. The molecule has 0 aliphatic carbocycles. The Kier molecular flexibility index (Phi) is 2.73. The highest BCUT2D eigenvalue weighted by molar-refractivity contribution is 9.09. The second-order valence-corrected chi connectivity index (χ2v) is 3.92. The summed E-state index contributed by atoms with van der Waals surface area (Å²) < 4.78 is 5.49. The van der Waals surface area contributed by atoms with E-state index in [9.17, 15) is 10.1 Å². The Balaban J connectivity index is 2.47. The van der Waals surface area contributed by atoms with Crippen molar-refractivity contribution in [1.82, 2.24) is 0 Å². The Morgan fingerprint density at radius 1 is 1.40 bits per heavy atom. The number of aryl methyl sites for hydroxylation is 1. The van der Waals surface area contributed by atoms with Crippen LogP contribution in [0, 0.1) is 10.1 Å². The van der Waals surface area contributed by atoms with Gasteiger partial charge in [-0.15, -0.1) is 0 Å². The maximum Gasteiger partial charge on any atom is 0.270 e. The van der Waals surface area contributed by atoms with E-state index >= 15 is 0 Å². The lowest BCUT2D eigenvalue weighted by molar-refractivity contribution is -0.384. The summed E-state index contributed by atoms with van der Waals surface area (Å²) >= 11 is 3.31. The molecule has 1 heterocycles. The number of fused-ring (bicyclic) bond motifs is 1. The molecule has 5 heteroatoms. The van der Waals surface area contributed by atoms with Crippen LogP contribution in [0.25, 0.3) is 11.0 Å². The number of benzene rings is 1. The predicted molar refractivity (Wildman–Crippen MR) is 60.4 cm³/mol. The fraction of sp³-hybridized carbons (Fsp3) is 0.200. The van der Waals surface area contributed by atoms with Crippen LogP contribution in [-0.2, 0) is 6.42 Å². The van der Waals surface area contributed by atoms with E-state index in [1.165, 1.54) is 12.1 Å². The summed E-state index contributed by atoms with van der Waals surface area (Å²) in [5.41, 5.74) is 0.783. The molecule has 1 aromatic carbocycles.